The van der Waals surface area contributed by atoms with Crippen molar-refractivity contribution in [2.24, 2.45) is 11.7 Å². The molecule has 18 heavy (non-hydrogen) atoms. The van der Waals surface area contributed by atoms with Gasteiger partial charge in [-0.3, -0.25) is 4.79 Å². The third-order valence-corrected chi connectivity index (χ3v) is 2.98. The zero-order chi connectivity index (χ0) is 13.5. The van der Waals surface area contributed by atoms with Crippen LogP contribution in [0.4, 0.5) is 4.39 Å². The third kappa shape index (κ3) is 4.45. The SMILES string of the molecule is CC(CN)CNC(=O)CC(C)c1ccccc1F. The molecule has 4 heteroatoms. The van der Waals surface area contributed by atoms with Crippen molar-refractivity contribution in [3.63, 3.8) is 0 Å². The van der Waals surface area contributed by atoms with Gasteiger partial charge in [0.25, 0.3) is 0 Å². The molecule has 2 atom stereocenters. The Morgan fingerprint density at radius 2 is 2.06 bits per heavy atom. The van der Waals surface area contributed by atoms with E-state index in [0.717, 1.165) is 0 Å². The number of carbonyl (C=O) groups is 1. The van der Waals surface area contributed by atoms with Gasteiger partial charge in [-0.1, -0.05) is 32.0 Å². The van der Waals surface area contributed by atoms with Crippen LogP contribution >= 0.6 is 0 Å². The number of nitrogens with two attached hydrogens (primary N) is 1. The van der Waals surface area contributed by atoms with Crippen LogP contribution in [0.25, 0.3) is 0 Å². The Bertz CT molecular complexity index is 395. The van der Waals surface area contributed by atoms with Crippen LogP contribution in [-0.2, 0) is 4.79 Å². The molecule has 1 aromatic rings. The maximum Gasteiger partial charge on any atom is 0.220 e. The molecule has 0 fully saturated rings. The number of nitrogens with one attached hydrogen (secondary N) is 1. The first-order chi connectivity index (χ1) is 8.54. The molecule has 100 valence electrons. The standard InChI is InChI=1S/C14H21FN2O/c1-10(8-16)9-17-14(18)7-11(2)12-5-3-4-6-13(12)15/h3-6,10-11H,7-9,16H2,1-2H3,(H,17,18). The molecule has 0 saturated heterocycles. The van der Waals surface area contributed by atoms with E-state index in [0.29, 0.717) is 18.7 Å². The van der Waals surface area contributed by atoms with Crippen molar-refractivity contribution in [2.45, 2.75) is 26.2 Å². The fourth-order valence-corrected chi connectivity index (χ4v) is 1.71. The molecule has 1 rings (SSSR count). The van der Waals surface area contributed by atoms with Crippen LogP contribution in [0.1, 0.15) is 31.7 Å². The van der Waals surface area contributed by atoms with Crippen molar-refractivity contribution < 1.29 is 9.18 Å². The predicted molar refractivity (Wildman–Crippen MR) is 70.7 cm³/mol. The molecule has 0 radical (unpaired) electrons. The molecule has 0 saturated carbocycles. The average Bonchev–Trinajstić information content (AvgIpc) is 2.36. The minimum atomic E-state index is -0.256. The Balaban J connectivity index is 2.47. The van der Waals surface area contributed by atoms with Crippen LogP contribution in [-0.4, -0.2) is 19.0 Å². The fraction of sp³-hybridized carbons (Fsp3) is 0.500. The van der Waals surface area contributed by atoms with Crippen LogP contribution < -0.4 is 11.1 Å². The highest BCUT2D eigenvalue weighted by Gasteiger charge is 2.14. The quantitative estimate of drug-likeness (QED) is 0.814. The number of carbonyl (C=O) groups excluding carboxylic acids is 1. The molecule has 3 nitrogen and oxygen atoms in total. The summed E-state index contributed by atoms with van der Waals surface area (Å²) in [6, 6.07) is 6.56. The van der Waals surface area contributed by atoms with E-state index < -0.39 is 0 Å². The lowest BCUT2D eigenvalue weighted by Crippen LogP contribution is -2.31. The van der Waals surface area contributed by atoms with Crippen LogP contribution in [0.2, 0.25) is 0 Å². The summed E-state index contributed by atoms with van der Waals surface area (Å²) in [6.45, 7) is 4.94. The number of amides is 1. The predicted octanol–water partition coefficient (Wildman–Crippen LogP) is 2.03. The summed E-state index contributed by atoms with van der Waals surface area (Å²) >= 11 is 0. The molecule has 0 aliphatic carbocycles. The summed E-state index contributed by atoms with van der Waals surface area (Å²) in [5, 5.41) is 2.81. The molecule has 1 aromatic carbocycles. The van der Waals surface area contributed by atoms with Gasteiger partial charge in [0.15, 0.2) is 0 Å². The van der Waals surface area contributed by atoms with Gasteiger partial charge in [0.2, 0.25) is 5.91 Å². The molecule has 0 aromatic heterocycles. The minimum Gasteiger partial charge on any atom is -0.356 e. The second kappa shape index (κ2) is 7.11. The summed E-state index contributed by atoms with van der Waals surface area (Å²) in [5.41, 5.74) is 6.05. The first kappa shape index (κ1) is 14.6. The van der Waals surface area contributed by atoms with E-state index in [1.54, 1.807) is 18.2 Å². The van der Waals surface area contributed by atoms with Gasteiger partial charge in [0.1, 0.15) is 5.82 Å². The van der Waals surface area contributed by atoms with Gasteiger partial charge in [0, 0.05) is 13.0 Å². The van der Waals surface area contributed by atoms with E-state index in [2.05, 4.69) is 5.32 Å². The van der Waals surface area contributed by atoms with Crippen LogP contribution in [0.3, 0.4) is 0 Å². The van der Waals surface area contributed by atoms with Gasteiger partial charge in [-0.2, -0.15) is 0 Å². The second-order valence-electron chi connectivity index (χ2n) is 4.77. The molecule has 1 amide bonds. The number of hydrogen-bond acceptors (Lipinski definition) is 2. The maximum atomic E-state index is 13.5. The average molecular weight is 252 g/mol. The van der Waals surface area contributed by atoms with E-state index in [4.69, 9.17) is 5.73 Å². The molecule has 0 heterocycles. The Hall–Kier alpha value is -1.42. The molecule has 0 aliphatic heterocycles. The summed E-state index contributed by atoms with van der Waals surface area (Å²) in [5.74, 6) is -0.184. The van der Waals surface area contributed by atoms with E-state index in [1.807, 2.05) is 13.8 Å². The Morgan fingerprint density at radius 3 is 2.67 bits per heavy atom. The number of rotatable bonds is 6. The molecular formula is C14H21FN2O. The summed E-state index contributed by atoms with van der Waals surface area (Å²) < 4.78 is 13.5. The lowest BCUT2D eigenvalue weighted by Gasteiger charge is -2.14. The zero-order valence-corrected chi connectivity index (χ0v) is 10.9. The van der Waals surface area contributed by atoms with E-state index in [1.165, 1.54) is 6.07 Å². The highest BCUT2D eigenvalue weighted by Crippen LogP contribution is 2.21. The summed E-state index contributed by atoms with van der Waals surface area (Å²) in [4.78, 5) is 11.7. The van der Waals surface area contributed by atoms with Crippen LogP contribution in [0.5, 0.6) is 0 Å². The fourth-order valence-electron chi connectivity index (χ4n) is 1.71. The van der Waals surface area contributed by atoms with Gasteiger partial charge >= 0.3 is 0 Å². The smallest absolute Gasteiger partial charge is 0.220 e. The van der Waals surface area contributed by atoms with Gasteiger partial charge < -0.3 is 11.1 Å². The normalized spacial score (nSPS) is 14.0. The van der Waals surface area contributed by atoms with Crippen molar-refractivity contribution in [1.29, 1.82) is 0 Å². The van der Waals surface area contributed by atoms with Gasteiger partial charge in [0.05, 0.1) is 0 Å². The molecule has 0 aliphatic rings. The number of hydrogen-bond donors (Lipinski definition) is 2. The summed E-state index contributed by atoms with van der Waals surface area (Å²) in [6.07, 6.45) is 0.290. The van der Waals surface area contributed by atoms with Crippen LogP contribution in [0, 0.1) is 11.7 Å². The van der Waals surface area contributed by atoms with Gasteiger partial charge in [-0.25, -0.2) is 4.39 Å². The first-order valence-electron chi connectivity index (χ1n) is 6.25. The molecular weight excluding hydrogens is 231 g/mol. The number of halogens is 1. The lowest BCUT2D eigenvalue weighted by molar-refractivity contribution is -0.121. The molecule has 3 N–H and O–H groups in total. The minimum absolute atomic E-state index is 0.0638. The Labute approximate surface area is 108 Å². The van der Waals surface area contributed by atoms with Crippen molar-refractivity contribution in [3.8, 4) is 0 Å². The topological polar surface area (TPSA) is 55.1 Å². The van der Waals surface area contributed by atoms with Crippen molar-refractivity contribution in [3.05, 3.63) is 35.6 Å². The first-order valence-corrected chi connectivity index (χ1v) is 6.25. The van der Waals surface area contributed by atoms with Crippen molar-refractivity contribution in [1.82, 2.24) is 5.32 Å². The van der Waals surface area contributed by atoms with Crippen molar-refractivity contribution >= 4 is 5.91 Å². The third-order valence-electron chi connectivity index (χ3n) is 2.98. The van der Waals surface area contributed by atoms with Crippen molar-refractivity contribution in [2.75, 3.05) is 13.1 Å². The van der Waals surface area contributed by atoms with E-state index in [-0.39, 0.29) is 30.0 Å². The Morgan fingerprint density at radius 1 is 1.39 bits per heavy atom. The van der Waals surface area contributed by atoms with Gasteiger partial charge in [-0.15, -0.1) is 0 Å². The Kier molecular flexibility index (Phi) is 5.78. The second-order valence-corrected chi connectivity index (χ2v) is 4.77. The molecule has 0 bridgehead atoms. The maximum absolute atomic E-state index is 13.5. The molecule has 2 unspecified atom stereocenters. The van der Waals surface area contributed by atoms with Gasteiger partial charge in [-0.05, 0) is 30.0 Å². The highest BCUT2D eigenvalue weighted by atomic mass is 19.1. The highest BCUT2D eigenvalue weighted by molar-refractivity contribution is 5.76. The van der Waals surface area contributed by atoms with Crippen LogP contribution in [0.15, 0.2) is 24.3 Å². The number of benzene rings is 1. The largest absolute Gasteiger partial charge is 0.356 e. The van der Waals surface area contributed by atoms with E-state index >= 15 is 0 Å². The van der Waals surface area contributed by atoms with E-state index in [9.17, 15) is 9.18 Å². The summed E-state index contributed by atoms with van der Waals surface area (Å²) in [7, 11) is 0. The molecule has 0 spiro atoms. The lowest BCUT2D eigenvalue weighted by atomic mass is 9.97. The zero-order valence-electron chi connectivity index (χ0n) is 10.9. The monoisotopic (exact) mass is 252 g/mol.